The normalized spacial score (nSPS) is 12.9. The van der Waals surface area contributed by atoms with E-state index >= 15 is 0 Å². The van der Waals surface area contributed by atoms with Crippen molar-refractivity contribution in [3.05, 3.63) is 81.5 Å². The Morgan fingerprint density at radius 3 is 2.79 bits per heavy atom. The molecule has 148 valence electrons. The third-order valence-corrected chi connectivity index (χ3v) is 5.74. The second-order valence-electron chi connectivity index (χ2n) is 7.09. The van der Waals surface area contributed by atoms with Crippen LogP contribution in [0.25, 0.3) is 0 Å². The van der Waals surface area contributed by atoms with Gasteiger partial charge in [0.15, 0.2) is 6.61 Å². The molecule has 29 heavy (non-hydrogen) atoms. The topological polar surface area (TPSA) is 58.6 Å². The second-order valence-corrected chi connectivity index (χ2v) is 8.04. The zero-order chi connectivity index (χ0) is 20.2. The molecule has 0 spiro atoms. The molecule has 0 saturated carbocycles. The van der Waals surface area contributed by atoms with Crippen LogP contribution in [0.4, 0.5) is 5.69 Å². The van der Waals surface area contributed by atoms with Crippen LogP contribution in [0.15, 0.2) is 60.0 Å². The number of carbonyl (C=O) groups excluding carboxylic acids is 2. The van der Waals surface area contributed by atoms with Crippen molar-refractivity contribution in [2.45, 2.75) is 19.9 Å². The van der Waals surface area contributed by atoms with Crippen LogP contribution in [0.1, 0.15) is 26.4 Å². The van der Waals surface area contributed by atoms with Crippen molar-refractivity contribution in [3.8, 4) is 5.75 Å². The van der Waals surface area contributed by atoms with Gasteiger partial charge in [0.05, 0.1) is 4.88 Å². The Balaban J connectivity index is 1.38. The predicted octanol–water partition coefficient (Wildman–Crippen LogP) is 4.27. The van der Waals surface area contributed by atoms with Gasteiger partial charge in [-0.15, -0.1) is 11.3 Å². The molecule has 1 N–H and O–H groups in total. The summed E-state index contributed by atoms with van der Waals surface area (Å²) in [5.74, 6) is 0.522. The number of benzene rings is 2. The minimum absolute atomic E-state index is 0.0521. The number of nitrogens with one attached hydrogen (secondary N) is 1. The summed E-state index contributed by atoms with van der Waals surface area (Å²) in [7, 11) is 0. The van der Waals surface area contributed by atoms with Gasteiger partial charge in [0, 0.05) is 18.8 Å². The summed E-state index contributed by atoms with van der Waals surface area (Å²) in [6.07, 6.45) is 0.817. The number of hydrogen-bond donors (Lipinski definition) is 1. The highest BCUT2D eigenvalue weighted by atomic mass is 32.1. The Kier molecular flexibility index (Phi) is 5.62. The van der Waals surface area contributed by atoms with E-state index in [1.165, 1.54) is 16.9 Å². The summed E-state index contributed by atoms with van der Waals surface area (Å²) >= 11 is 1.46. The van der Waals surface area contributed by atoms with Crippen molar-refractivity contribution < 1.29 is 14.3 Å². The van der Waals surface area contributed by atoms with Gasteiger partial charge in [-0.05, 0) is 65.7 Å². The van der Waals surface area contributed by atoms with Crippen molar-refractivity contribution in [2.24, 2.45) is 0 Å². The molecule has 2 aromatic carbocycles. The zero-order valence-corrected chi connectivity index (χ0v) is 17.0. The lowest BCUT2D eigenvalue weighted by molar-refractivity contribution is -0.118. The quantitative estimate of drug-likeness (QED) is 0.688. The zero-order valence-electron chi connectivity index (χ0n) is 16.2. The van der Waals surface area contributed by atoms with Gasteiger partial charge in [0.25, 0.3) is 11.8 Å². The molecule has 0 atom stereocenters. The third-order valence-electron chi connectivity index (χ3n) is 4.88. The van der Waals surface area contributed by atoms with Crippen LogP contribution in [0, 0.1) is 6.92 Å². The van der Waals surface area contributed by atoms with Crippen molar-refractivity contribution in [1.29, 1.82) is 0 Å². The molecule has 0 bridgehead atoms. The van der Waals surface area contributed by atoms with E-state index in [0.717, 1.165) is 22.4 Å². The Hall–Kier alpha value is -3.12. The lowest BCUT2D eigenvalue weighted by Crippen LogP contribution is -2.35. The van der Waals surface area contributed by atoms with Crippen LogP contribution in [0.3, 0.4) is 0 Å². The lowest BCUT2D eigenvalue weighted by Gasteiger charge is -2.29. The first kappa shape index (κ1) is 19.2. The molecule has 0 aliphatic carbocycles. The number of thiophene rings is 1. The molecule has 6 heteroatoms. The number of fused-ring (bicyclic) bond motifs is 1. The summed E-state index contributed by atoms with van der Waals surface area (Å²) in [5.41, 5.74) is 4.08. The maximum Gasteiger partial charge on any atom is 0.264 e. The van der Waals surface area contributed by atoms with E-state index in [4.69, 9.17) is 4.74 Å². The minimum Gasteiger partial charge on any atom is -0.484 e. The molecule has 1 aliphatic rings. The highest BCUT2D eigenvalue weighted by Gasteiger charge is 2.22. The Morgan fingerprint density at radius 2 is 2.00 bits per heavy atom. The predicted molar refractivity (Wildman–Crippen MR) is 115 cm³/mol. The first-order valence-electron chi connectivity index (χ1n) is 9.52. The molecular weight excluding hydrogens is 384 g/mol. The van der Waals surface area contributed by atoms with E-state index in [0.29, 0.717) is 24.5 Å². The average Bonchev–Trinajstić information content (AvgIpc) is 3.26. The Bertz CT molecular complexity index is 1030. The van der Waals surface area contributed by atoms with Gasteiger partial charge >= 0.3 is 0 Å². The first-order chi connectivity index (χ1) is 14.1. The average molecular weight is 407 g/mol. The van der Waals surface area contributed by atoms with Crippen LogP contribution in [0.2, 0.25) is 0 Å². The standard InChI is InChI=1S/C23H22N2O3S/c1-16-4-2-5-20(12-16)28-15-22(26)24-19-8-7-17-9-10-25(14-18(17)13-19)23(27)21-6-3-11-29-21/h2-8,11-13H,9-10,14-15H2,1H3,(H,24,26). The first-order valence-corrected chi connectivity index (χ1v) is 10.4. The molecule has 4 rings (SSSR count). The van der Waals surface area contributed by atoms with Crippen molar-refractivity contribution in [3.63, 3.8) is 0 Å². The lowest BCUT2D eigenvalue weighted by atomic mass is 9.99. The van der Waals surface area contributed by atoms with Gasteiger partial charge in [-0.1, -0.05) is 24.3 Å². The second kappa shape index (κ2) is 8.49. The number of ether oxygens (including phenoxy) is 1. The molecule has 2 heterocycles. The van der Waals surface area contributed by atoms with E-state index in [1.807, 2.05) is 71.8 Å². The van der Waals surface area contributed by atoms with E-state index in [-0.39, 0.29) is 18.4 Å². The largest absolute Gasteiger partial charge is 0.484 e. The molecule has 0 radical (unpaired) electrons. The molecule has 0 saturated heterocycles. The molecular formula is C23H22N2O3S. The van der Waals surface area contributed by atoms with Gasteiger partial charge in [-0.2, -0.15) is 0 Å². The Morgan fingerprint density at radius 1 is 1.10 bits per heavy atom. The van der Waals surface area contributed by atoms with Crippen LogP contribution in [-0.4, -0.2) is 29.9 Å². The smallest absolute Gasteiger partial charge is 0.264 e. The number of nitrogens with zero attached hydrogens (tertiary/aromatic N) is 1. The minimum atomic E-state index is -0.214. The summed E-state index contributed by atoms with van der Waals surface area (Å²) in [5, 5.41) is 4.80. The highest BCUT2D eigenvalue weighted by Crippen LogP contribution is 2.25. The SMILES string of the molecule is Cc1cccc(OCC(=O)Nc2ccc3c(c2)CN(C(=O)c2cccs2)CC3)c1. The molecule has 2 amide bonds. The molecule has 1 aliphatic heterocycles. The number of rotatable bonds is 5. The van der Waals surface area contributed by atoms with Crippen molar-refractivity contribution >= 4 is 28.8 Å². The Labute approximate surface area is 173 Å². The number of anilines is 1. The van der Waals surface area contributed by atoms with Crippen LogP contribution in [-0.2, 0) is 17.8 Å². The van der Waals surface area contributed by atoms with Crippen molar-refractivity contribution in [2.75, 3.05) is 18.5 Å². The van der Waals surface area contributed by atoms with E-state index in [2.05, 4.69) is 5.32 Å². The van der Waals surface area contributed by atoms with Gasteiger partial charge in [-0.25, -0.2) is 0 Å². The van der Waals surface area contributed by atoms with E-state index in [9.17, 15) is 9.59 Å². The van der Waals surface area contributed by atoms with Crippen molar-refractivity contribution in [1.82, 2.24) is 4.90 Å². The molecule has 3 aromatic rings. The number of amides is 2. The van der Waals surface area contributed by atoms with E-state index < -0.39 is 0 Å². The summed E-state index contributed by atoms with van der Waals surface area (Å²) in [6, 6.07) is 17.2. The van der Waals surface area contributed by atoms with Gasteiger partial charge in [0.2, 0.25) is 0 Å². The fraction of sp³-hybridized carbons (Fsp3) is 0.217. The maximum atomic E-state index is 12.6. The molecule has 5 nitrogen and oxygen atoms in total. The number of carbonyl (C=O) groups is 2. The number of hydrogen-bond acceptors (Lipinski definition) is 4. The summed E-state index contributed by atoms with van der Waals surface area (Å²) in [6.45, 7) is 3.19. The van der Waals surface area contributed by atoms with Gasteiger partial charge in [0.1, 0.15) is 5.75 Å². The summed E-state index contributed by atoms with van der Waals surface area (Å²) in [4.78, 5) is 27.5. The van der Waals surface area contributed by atoms with Gasteiger partial charge < -0.3 is 15.0 Å². The monoisotopic (exact) mass is 406 g/mol. The fourth-order valence-corrected chi connectivity index (χ4v) is 4.11. The van der Waals surface area contributed by atoms with Crippen LogP contribution < -0.4 is 10.1 Å². The maximum absolute atomic E-state index is 12.6. The third kappa shape index (κ3) is 4.66. The summed E-state index contributed by atoms with van der Waals surface area (Å²) < 4.78 is 5.56. The molecule has 0 fully saturated rings. The fourth-order valence-electron chi connectivity index (χ4n) is 3.42. The molecule has 1 aromatic heterocycles. The van der Waals surface area contributed by atoms with Gasteiger partial charge in [-0.3, -0.25) is 9.59 Å². The highest BCUT2D eigenvalue weighted by molar-refractivity contribution is 7.12. The number of aryl methyl sites for hydroxylation is 1. The molecule has 0 unspecified atom stereocenters. The van der Waals surface area contributed by atoms with Crippen LogP contribution in [0.5, 0.6) is 5.75 Å². The van der Waals surface area contributed by atoms with Crippen LogP contribution >= 0.6 is 11.3 Å². The van der Waals surface area contributed by atoms with E-state index in [1.54, 1.807) is 0 Å².